The van der Waals surface area contributed by atoms with Gasteiger partial charge in [-0.2, -0.15) is 5.26 Å². The molecule has 1 saturated heterocycles. The van der Waals surface area contributed by atoms with Crippen LogP contribution < -0.4 is 5.32 Å². The van der Waals surface area contributed by atoms with Crippen LogP contribution in [0.15, 0.2) is 18.3 Å². The Morgan fingerprint density at radius 3 is 2.86 bits per heavy atom. The molecule has 0 spiro atoms. The van der Waals surface area contributed by atoms with E-state index in [-0.39, 0.29) is 5.91 Å². The fraction of sp³-hybridized carbons (Fsp3) is 0.647. The van der Waals surface area contributed by atoms with Gasteiger partial charge in [-0.3, -0.25) is 9.69 Å². The maximum atomic E-state index is 12.4. The summed E-state index contributed by atoms with van der Waals surface area (Å²) < 4.78 is 2.13. The molecule has 1 aromatic rings. The Kier molecular flexibility index (Phi) is 3.96. The summed E-state index contributed by atoms with van der Waals surface area (Å²) in [5.74, 6) is 0.292. The first-order valence-corrected chi connectivity index (χ1v) is 8.11. The lowest BCUT2D eigenvalue weighted by Crippen LogP contribution is -2.50. The molecule has 118 valence electrons. The largest absolute Gasteiger partial charge is 0.353 e. The first kappa shape index (κ1) is 15.1. The molecule has 1 aromatic heterocycles. The Bertz CT molecular complexity index is 598. The van der Waals surface area contributed by atoms with Gasteiger partial charge in [0.05, 0.1) is 18.7 Å². The van der Waals surface area contributed by atoms with E-state index in [0.29, 0.717) is 18.5 Å². The van der Waals surface area contributed by atoms with Crippen molar-refractivity contribution < 1.29 is 4.79 Å². The predicted octanol–water partition coefficient (Wildman–Crippen LogP) is 1.97. The van der Waals surface area contributed by atoms with Crippen molar-refractivity contribution in [1.82, 2.24) is 14.8 Å². The maximum absolute atomic E-state index is 12.4. The number of aryl methyl sites for hydroxylation is 1. The molecule has 1 amide bonds. The van der Waals surface area contributed by atoms with Crippen LogP contribution in [0.3, 0.4) is 0 Å². The number of hydrogen-bond acceptors (Lipinski definition) is 3. The van der Waals surface area contributed by atoms with Gasteiger partial charge in [-0.05, 0) is 57.2 Å². The number of carbonyl (C=O) groups is 1. The van der Waals surface area contributed by atoms with Crippen LogP contribution in [0.25, 0.3) is 0 Å². The first-order chi connectivity index (χ1) is 10.5. The lowest BCUT2D eigenvalue weighted by molar-refractivity contribution is -0.123. The van der Waals surface area contributed by atoms with Gasteiger partial charge in [0.25, 0.3) is 0 Å². The van der Waals surface area contributed by atoms with Crippen molar-refractivity contribution in [1.29, 1.82) is 5.26 Å². The minimum Gasteiger partial charge on any atom is -0.353 e. The molecule has 0 radical (unpaired) electrons. The van der Waals surface area contributed by atoms with Crippen LogP contribution in [0.4, 0.5) is 0 Å². The molecule has 1 saturated carbocycles. The second-order valence-corrected chi connectivity index (χ2v) is 6.81. The fourth-order valence-electron chi connectivity index (χ4n) is 3.57. The van der Waals surface area contributed by atoms with Crippen LogP contribution in [0.2, 0.25) is 0 Å². The summed E-state index contributed by atoms with van der Waals surface area (Å²) in [5, 5.41) is 12.3. The van der Waals surface area contributed by atoms with Gasteiger partial charge < -0.3 is 9.88 Å². The number of rotatable bonds is 5. The normalized spacial score (nSPS) is 24.7. The summed E-state index contributed by atoms with van der Waals surface area (Å²) in [4.78, 5) is 14.6. The van der Waals surface area contributed by atoms with Crippen molar-refractivity contribution in [3.8, 4) is 6.07 Å². The zero-order chi connectivity index (χ0) is 15.7. The zero-order valence-electron chi connectivity index (χ0n) is 13.4. The van der Waals surface area contributed by atoms with Crippen molar-refractivity contribution in [2.45, 2.75) is 44.2 Å². The van der Waals surface area contributed by atoms with Gasteiger partial charge in [-0.1, -0.05) is 0 Å². The van der Waals surface area contributed by atoms with Crippen LogP contribution in [-0.4, -0.2) is 34.0 Å². The van der Waals surface area contributed by atoms with Gasteiger partial charge in [-0.25, -0.2) is 0 Å². The molecule has 2 heterocycles. The highest BCUT2D eigenvalue weighted by Gasteiger charge is 2.43. The molecule has 0 unspecified atom stereocenters. The lowest BCUT2D eigenvalue weighted by Gasteiger charge is -2.28. The number of nitriles is 1. The molecular weight excluding hydrogens is 276 g/mol. The first-order valence-electron chi connectivity index (χ1n) is 8.11. The lowest BCUT2D eigenvalue weighted by atomic mass is 9.98. The fourth-order valence-corrected chi connectivity index (χ4v) is 3.57. The van der Waals surface area contributed by atoms with Crippen molar-refractivity contribution in [2.75, 3.05) is 13.1 Å². The maximum Gasteiger partial charge on any atom is 0.235 e. The second-order valence-electron chi connectivity index (χ2n) is 6.81. The molecule has 2 fully saturated rings. The number of likely N-dealkylation sites (tertiary alicyclic amines) is 1. The molecule has 0 bridgehead atoms. The summed E-state index contributed by atoms with van der Waals surface area (Å²) in [5.41, 5.74) is 0.563. The third kappa shape index (κ3) is 2.89. The molecular formula is C17H24N4O. The van der Waals surface area contributed by atoms with Gasteiger partial charge in [-0.15, -0.1) is 0 Å². The average molecular weight is 300 g/mol. The molecule has 0 aromatic carbocycles. The van der Waals surface area contributed by atoms with E-state index in [4.69, 9.17) is 0 Å². The van der Waals surface area contributed by atoms with Crippen molar-refractivity contribution in [3.63, 3.8) is 0 Å². The van der Waals surface area contributed by atoms with Crippen LogP contribution in [-0.2, 0) is 11.8 Å². The summed E-state index contributed by atoms with van der Waals surface area (Å²) in [7, 11) is 2.05. The Morgan fingerprint density at radius 1 is 1.50 bits per heavy atom. The number of hydrogen-bond donors (Lipinski definition) is 1. The Labute approximate surface area is 131 Å². The van der Waals surface area contributed by atoms with Crippen LogP contribution in [0.1, 0.15) is 44.3 Å². The van der Waals surface area contributed by atoms with Crippen molar-refractivity contribution in [2.24, 2.45) is 13.0 Å². The van der Waals surface area contributed by atoms with E-state index in [2.05, 4.69) is 26.9 Å². The van der Waals surface area contributed by atoms with Crippen LogP contribution in [0, 0.1) is 17.2 Å². The minimum atomic E-state index is -0.697. The SMILES string of the molecule is Cn1cccc1[C@H]1CCCN1CC(=O)N[C@@](C)(C#N)C1CC1. The summed E-state index contributed by atoms with van der Waals surface area (Å²) >= 11 is 0. The highest BCUT2D eigenvalue weighted by atomic mass is 16.2. The molecule has 5 heteroatoms. The van der Waals surface area contributed by atoms with E-state index in [1.54, 1.807) is 0 Å². The van der Waals surface area contributed by atoms with Gasteiger partial charge in [0.15, 0.2) is 0 Å². The Hall–Kier alpha value is -1.80. The number of carbonyl (C=O) groups excluding carboxylic acids is 1. The molecule has 1 N–H and O–H groups in total. The monoisotopic (exact) mass is 300 g/mol. The van der Waals surface area contributed by atoms with E-state index in [0.717, 1.165) is 32.2 Å². The molecule has 2 aliphatic rings. The van der Waals surface area contributed by atoms with Crippen LogP contribution in [0.5, 0.6) is 0 Å². The average Bonchev–Trinajstić information content (AvgIpc) is 3.13. The van der Waals surface area contributed by atoms with Gasteiger partial charge in [0, 0.05) is 18.9 Å². The standard InChI is InChI=1S/C17H24N4O/c1-17(12-18,13-7-8-13)19-16(22)11-21-10-4-6-15(21)14-5-3-9-20(14)2/h3,5,9,13,15H,4,6-8,10-11H2,1-2H3,(H,19,22)/t15-,17+/m1/s1. The second kappa shape index (κ2) is 5.77. The number of amides is 1. The van der Waals surface area contributed by atoms with E-state index in [9.17, 15) is 10.1 Å². The number of nitrogens with one attached hydrogen (secondary N) is 1. The van der Waals surface area contributed by atoms with E-state index < -0.39 is 5.54 Å². The number of nitrogens with zero attached hydrogens (tertiary/aromatic N) is 3. The molecule has 1 aliphatic carbocycles. The predicted molar refractivity (Wildman–Crippen MR) is 83.8 cm³/mol. The van der Waals surface area contributed by atoms with E-state index in [1.165, 1.54) is 5.69 Å². The number of aromatic nitrogens is 1. The van der Waals surface area contributed by atoms with Gasteiger partial charge in [0.2, 0.25) is 5.91 Å². The van der Waals surface area contributed by atoms with E-state index in [1.807, 2.05) is 26.2 Å². The van der Waals surface area contributed by atoms with Crippen molar-refractivity contribution in [3.05, 3.63) is 24.0 Å². The van der Waals surface area contributed by atoms with Crippen LogP contribution >= 0.6 is 0 Å². The highest BCUT2D eigenvalue weighted by Crippen LogP contribution is 2.39. The minimum absolute atomic E-state index is 0.0305. The van der Waals surface area contributed by atoms with Gasteiger partial charge in [0.1, 0.15) is 5.54 Å². The van der Waals surface area contributed by atoms with Crippen molar-refractivity contribution >= 4 is 5.91 Å². The topological polar surface area (TPSA) is 61.1 Å². The molecule has 5 nitrogen and oxygen atoms in total. The van der Waals surface area contributed by atoms with Gasteiger partial charge >= 0.3 is 0 Å². The Morgan fingerprint density at radius 2 is 2.27 bits per heavy atom. The molecule has 3 rings (SSSR count). The summed E-state index contributed by atoms with van der Waals surface area (Å²) in [6.07, 6.45) is 6.33. The third-order valence-corrected chi connectivity index (χ3v) is 5.06. The molecule has 2 atom stereocenters. The zero-order valence-corrected chi connectivity index (χ0v) is 13.4. The summed E-state index contributed by atoms with van der Waals surface area (Å²) in [6, 6.07) is 6.77. The summed E-state index contributed by atoms with van der Waals surface area (Å²) in [6.45, 7) is 3.16. The third-order valence-electron chi connectivity index (χ3n) is 5.06. The smallest absolute Gasteiger partial charge is 0.235 e. The highest BCUT2D eigenvalue weighted by molar-refractivity contribution is 5.79. The molecule has 22 heavy (non-hydrogen) atoms. The quantitative estimate of drug-likeness (QED) is 0.904. The van der Waals surface area contributed by atoms with E-state index >= 15 is 0 Å². The molecule has 1 aliphatic heterocycles. The Balaban J connectivity index is 1.63.